The number of benzene rings is 1. The third kappa shape index (κ3) is 5.86. The van der Waals surface area contributed by atoms with Gasteiger partial charge in [-0.05, 0) is 60.7 Å². The molecule has 0 spiro atoms. The maximum absolute atomic E-state index is 4.89. The Labute approximate surface area is 208 Å². The van der Waals surface area contributed by atoms with E-state index in [-0.39, 0.29) is 0 Å². The van der Waals surface area contributed by atoms with Gasteiger partial charge in [0.05, 0.1) is 12.2 Å². The number of aryl methyl sites for hydroxylation is 2. The van der Waals surface area contributed by atoms with Crippen LogP contribution in [0.3, 0.4) is 0 Å². The lowest BCUT2D eigenvalue weighted by Gasteiger charge is -2.13. The molecular weight excluding hydrogens is 436 g/mol. The van der Waals surface area contributed by atoms with E-state index in [1.807, 2.05) is 0 Å². The van der Waals surface area contributed by atoms with Crippen LogP contribution in [0.25, 0.3) is 17.2 Å². The highest BCUT2D eigenvalue weighted by atomic mass is 15.5. The van der Waals surface area contributed by atoms with Gasteiger partial charge in [-0.15, -0.1) is 10.2 Å². The summed E-state index contributed by atoms with van der Waals surface area (Å²) in [5, 5.41) is 19.7. The zero-order valence-corrected chi connectivity index (χ0v) is 21.5. The number of aromatic amines is 1. The van der Waals surface area contributed by atoms with Gasteiger partial charge in [-0.2, -0.15) is 10.3 Å². The van der Waals surface area contributed by atoms with Gasteiger partial charge < -0.3 is 4.57 Å². The van der Waals surface area contributed by atoms with Crippen molar-refractivity contribution >= 4 is 0 Å². The smallest absolute Gasteiger partial charge is 0.221 e. The molecule has 1 unspecified atom stereocenters. The van der Waals surface area contributed by atoms with Crippen molar-refractivity contribution in [1.29, 1.82) is 0 Å². The zero-order chi connectivity index (χ0) is 24.6. The molecule has 0 amide bonds. The first-order valence-corrected chi connectivity index (χ1v) is 13.1. The van der Waals surface area contributed by atoms with E-state index in [1.54, 1.807) is 0 Å². The van der Waals surface area contributed by atoms with E-state index in [0.29, 0.717) is 11.7 Å². The monoisotopic (exact) mass is 474 g/mol. The fourth-order valence-electron chi connectivity index (χ4n) is 4.33. The van der Waals surface area contributed by atoms with Gasteiger partial charge in [0.15, 0.2) is 5.82 Å². The normalized spacial score (nSPS) is 12.3. The number of unbranched alkanes of at least 4 members (excludes halogenated alkanes) is 3. The Morgan fingerprint density at radius 2 is 1.71 bits per heavy atom. The second-order valence-corrected chi connectivity index (χ2v) is 9.36. The molecule has 0 bridgehead atoms. The fraction of sp³-hybridized carbons (Fsp3) is 0.519. The molecule has 3 heterocycles. The number of nitrogens with one attached hydrogen (secondary N) is 1. The van der Waals surface area contributed by atoms with Crippen LogP contribution >= 0.6 is 0 Å². The third-order valence-electron chi connectivity index (χ3n) is 6.67. The topological polar surface area (TPSA) is 90.1 Å². The number of tetrazole rings is 1. The average Bonchev–Trinajstić information content (AvgIpc) is 3.63. The number of hydrogen-bond donors (Lipinski definition) is 1. The number of nitrogens with zero attached hydrogens (tertiary/aromatic N) is 7. The highest BCUT2D eigenvalue weighted by Crippen LogP contribution is 2.26. The number of aromatic nitrogens is 8. The summed E-state index contributed by atoms with van der Waals surface area (Å²) >= 11 is 0. The molecule has 8 nitrogen and oxygen atoms in total. The van der Waals surface area contributed by atoms with Crippen molar-refractivity contribution in [2.75, 3.05) is 0 Å². The highest BCUT2D eigenvalue weighted by molar-refractivity contribution is 5.56. The third-order valence-corrected chi connectivity index (χ3v) is 6.67. The van der Waals surface area contributed by atoms with Crippen molar-refractivity contribution in [3.63, 3.8) is 0 Å². The lowest BCUT2D eigenvalue weighted by Crippen LogP contribution is -2.08. The van der Waals surface area contributed by atoms with Crippen LogP contribution in [0.2, 0.25) is 0 Å². The zero-order valence-electron chi connectivity index (χ0n) is 21.5. The maximum Gasteiger partial charge on any atom is 0.221 e. The molecule has 0 saturated heterocycles. The van der Waals surface area contributed by atoms with E-state index in [0.717, 1.165) is 68.1 Å². The summed E-state index contributed by atoms with van der Waals surface area (Å²) < 4.78 is 4.36. The minimum Gasteiger partial charge on any atom is -0.311 e. The lowest BCUT2D eigenvalue weighted by atomic mass is 10.1. The standard InChI is InChI=1S/C27H38N8/c1-5-8-10-11-22-17-18-24(27-29-32-33-30-27)35(22)23-15-13-21(14-16-23)19-34-25(12-9-6-2)28-26(31-34)20(4)7-3/h13-18,20H,5-12,19H2,1-4H3,(H,29,30,32,33). The van der Waals surface area contributed by atoms with Gasteiger partial charge in [0.25, 0.3) is 0 Å². The molecule has 3 aromatic heterocycles. The van der Waals surface area contributed by atoms with Crippen molar-refractivity contribution < 1.29 is 0 Å². The summed E-state index contributed by atoms with van der Waals surface area (Å²) in [5.41, 5.74) is 4.54. The van der Waals surface area contributed by atoms with E-state index >= 15 is 0 Å². The number of rotatable bonds is 13. The van der Waals surface area contributed by atoms with Crippen LogP contribution in [-0.2, 0) is 19.4 Å². The van der Waals surface area contributed by atoms with Crippen molar-refractivity contribution in [3.05, 3.63) is 59.3 Å². The Balaban J connectivity index is 1.60. The summed E-state index contributed by atoms with van der Waals surface area (Å²) in [4.78, 5) is 4.89. The summed E-state index contributed by atoms with van der Waals surface area (Å²) in [6.45, 7) is 9.58. The van der Waals surface area contributed by atoms with Crippen LogP contribution < -0.4 is 0 Å². The van der Waals surface area contributed by atoms with Gasteiger partial charge in [0.2, 0.25) is 5.82 Å². The fourth-order valence-corrected chi connectivity index (χ4v) is 4.33. The van der Waals surface area contributed by atoms with Crippen LogP contribution in [-0.4, -0.2) is 40.0 Å². The van der Waals surface area contributed by atoms with Gasteiger partial charge in [-0.25, -0.2) is 9.67 Å². The molecule has 0 aliphatic heterocycles. The van der Waals surface area contributed by atoms with E-state index in [2.05, 4.69) is 94.0 Å². The molecule has 0 saturated carbocycles. The van der Waals surface area contributed by atoms with E-state index in [9.17, 15) is 0 Å². The predicted octanol–water partition coefficient (Wildman–Crippen LogP) is 5.89. The SMILES string of the molecule is CCCCCc1ccc(-c2nn[nH]n2)n1-c1ccc(Cn2nc(C(C)CC)nc2CCCC)cc1. The van der Waals surface area contributed by atoms with Crippen molar-refractivity contribution in [3.8, 4) is 17.2 Å². The molecule has 35 heavy (non-hydrogen) atoms. The van der Waals surface area contributed by atoms with E-state index in [1.165, 1.54) is 24.1 Å². The quantitative estimate of drug-likeness (QED) is 0.244. The van der Waals surface area contributed by atoms with Crippen LogP contribution in [0.1, 0.15) is 95.0 Å². The molecule has 0 fully saturated rings. The summed E-state index contributed by atoms with van der Waals surface area (Å²) in [7, 11) is 0. The second kappa shape index (κ2) is 11.9. The van der Waals surface area contributed by atoms with Gasteiger partial charge in [0.1, 0.15) is 5.82 Å². The molecule has 0 radical (unpaired) electrons. The molecule has 1 atom stereocenters. The molecular formula is C27H38N8. The van der Waals surface area contributed by atoms with Gasteiger partial charge in [-0.3, -0.25) is 0 Å². The summed E-state index contributed by atoms with van der Waals surface area (Å²) in [6.07, 6.45) is 8.90. The minimum absolute atomic E-state index is 0.377. The Hall–Kier alpha value is -3.29. The van der Waals surface area contributed by atoms with Crippen molar-refractivity contribution in [2.24, 2.45) is 0 Å². The lowest BCUT2D eigenvalue weighted by molar-refractivity contribution is 0.602. The maximum atomic E-state index is 4.89. The Morgan fingerprint density at radius 1 is 0.914 bits per heavy atom. The number of hydrogen-bond acceptors (Lipinski definition) is 5. The van der Waals surface area contributed by atoms with Gasteiger partial charge >= 0.3 is 0 Å². The number of H-pyrrole nitrogens is 1. The summed E-state index contributed by atoms with van der Waals surface area (Å²) in [5.74, 6) is 3.04. The van der Waals surface area contributed by atoms with Gasteiger partial charge in [0, 0.05) is 23.7 Å². The van der Waals surface area contributed by atoms with Crippen LogP contribution in [0.4, 0.5) is 0 Å². The van der Waals surface area contributed by atoms with Crippen molar-refractivity contribution in [1.82, 2.24) is 40.0 Å². The van der Waals surface area contributed by atoms with Crippen LogP contribution in [0.15, 0.2) is 36.4 Å². The van der Waals surface area contributed by atoms with Crippen molar-refractivity contribution in [2.45, 2.75) is 91.5 Å². The van der Waals surface area contributed by atoms with Crippen LogP contribution in [0, 0.1) is 0 Å². The minimum atomic E-state index is 0.377. The predicted molar refractivity (Wildman–Crippen MR) is 139 cm³/mol. The molecule has 4 aromatic rings. The molecule has 1 N–H and O–H groups in total. The molecule has 4 rings (SSSR count). The average molecular weight is 475 g/mol. The Morgan fingerprint density at radius 3 is 2.40 bits per heavy atom. The molecule has 0 aliphatic rings. The summed E-state index contributed by atoms with van der Waals surface area (Å²) in [6, 6.07) is 13.0. The van der Waals surface area contributed by atoms with E-state index < -0.39 is 0 Å². The first-order chi connectivity index (χ1) is 17.1. The highest BCUT2D eigenvalue weighted by Gasteiger charge is 2.17. The molecule has 8 heteroatoms. The van der Waals surface area contributed by atoms with Crippen LogP contribution in [0.5, 0.6) is 0 Å². The van der Waals surface area contributed by atoms with Gasteiger partial charge in [-0.1, -0.05) is 59.1 Å². The Bertz CT molecular complexity index is 1170. The molecule has 186 valence electrons. The Kier molecular flexibility index (Phi) is 8.45. The molecule has 0 aliphatic carbocycles. The second-order valence-electron chi connectivity index (χ2n) is 9.36. The first-order valence-electron chi connectivity index (χ1n) is 13.1. The largest absolute Gasteiger partial charge is 0.311 e. The first kappa shape index (κ1) is 24.8. The van der Waals surface area contributed by atoms with E-state index in [4.69, 9.17) is 10.1 Å². The molecule has 1 aromatic carbocycles.